The summed E-state index contributed by atoms with van der Waals surface area (Å²) in [6.45, 7) is 6.68. The van der Waals surface area contributed by atoms with Crippen molar-refractivity contribution in [3.05, 3.63) is 29.4 Å². The highest BCUT2D eigenvalue weighted by Crippen LogP contribution is 2.40. The standard InChI is InChI=1S/C27H39N5O6S2/c1-27(2,3)31-40(36,37)23-14-19(29-25(33)34)11-12-21(23)22-15-28-24(39-22)17-7-9-18(10-8-17)30-26(35)38-16-20-6-5-13-32(20)4/h11-12,14-15,17-18,20,29,31H,5-10,13,16H2,1-4H3,(H,30,35)(H,33,34)/t17?,18?,20-/m0/s1. The molecule has 2 aromatic rings. The molecule has 1 aromatic carbocycles. The van der Waals surface area contributed by atoms with E-state index in [-0.39, 0.29) is 28.6 Å². The molecule has 1 aromatic heterocycles. The average Bonchev–Trinajstić information content (AvgIpc) is 3.51. The van der Waals surface area contributed by atoms with Gasteiger partial charge in [-0.15, -0.1) is 11.3 Å². The fourth-order valence-corrected chi connectivity index (χ4v) is 8.12. The Kier molecular flexibility index (Phi) is 9.38. The van der Waals surface area contributed by atoms with Gasteiger partial charge in [-0.05, 0) is 85.0 Å². The third kappa shape index (κ3) is 7.93. The Bertz CT molecular complexity index is 1310. The van der Waals surface area contributed by atoms with E-state index in [4.69, 9.17) is 9.84 Å². The predicted octanol–water partition coefficient (Wildman–Crippen LogP) is 4.82. The van der Waals surface area contributed by atoms with Gasteiger partial charge >= 0.3 is 12.2 Å². The molecule has 40 heavy (non-hydrogen) atoms. The summed E-state index contributed by atoms with van der Waals surface area (Å²) in [7, 11) is -1.91. The summed E-state index contributed by atoms with van der Waals surface area (Å²) < 4.78 is 34.7. The number of amides is 2. The summed E-state index contributed by atoms with van der Waals surface area (Å²) in [6, 6.07) is 4.83. The number of carboxylic acid groups (broad SMARTS) is 1. The number of ether oxygens (including phenoxy) is 1. The van der Waals surface area contributed by atoms with Crippen molar-refractivity contribution in [2.24, 2.45) is 0 Å². The van der Waals surface area contributed by atoms with Crippen LogP contribution in [0.1, 0.15) is 70.2 Å². The molecule has 1 saturated carbocycles. The first-order chi connectivity index (χ1) is 18.8. The van der Waals surface area contributed by atoms with Crippen LogP contribution in [0.5, 0.6) is 0 Å². The van der Waals surface area contributed by atoms with Gasteiger partial charge in [0.15, 0.2) is 0 Å². The zero-order valence-corrected chi connectivity index (χ0v) is 25.0. The van der Waals surface area contributed by atoms with Gasteiger partial charge in [-0.25, -0.2) is 27.7 Å². The monoisotopic (exact) mass is 593 g/mol. The first kappa shape index (κ1) is 30.2. The Morgan fingerprint density at radius 1 is 1.18 bits per heavy atom. The third-order valence-electron chi connectivity index (χ3n) is 7.23. The lowest BCUT2D eigenvalue weighted by Crippen LogP contribution is -2.40. The summed E-state index contributed by atoms with van der Waals surface area (Å²) in [5, 5.41) is 15.3. The van der Waals surface area contributed by atoms with Gasteiger partial charge in [-0.3, -0.25) is 5.32 Å². The Labute approximate surface area is 239 Å². The maximum absolute atomic E-state index is 13.3. The number of hydrogen-bond acceptors (Lipinski definition) is 8. The molecule has 0 bridgehead atoms. The zero-order valence-electron chi connectivity index (χ0n) is 23.4. The predicted molar refractivity (Wildman–Crippen MR) is 154 cm³/mol. The first-order valence-corrected chi connectivity index (χ1v) is 15.9. The Morgan fingerprint density at radius 2 is 1.90 bits per heavy atom. The fourth-order valence-electron chi connectivity index (χ4n) is 5.26. The fraction of sp³-hybridized carbons (Fsp3) is 0.593. The maximum Gasteiger partial charge on any atom is 0.409 e. The van der Waals surface area contributed by atoms with Crippen LogP contribution in [0, 0.1) is 0 Å². The van der Waals surface area contributed by atoms with Crippen molar-refractivity contribution in [3.8, 4) is 10.4 Å². The molecule has 1 saturated heterocycles. The largest absolute Gasteiger partial charge is 0.465 e. The third-order valence-corrected chi connectivity index (χ3v) is 10.2. The minimum absolute atomic E-state index is 0.0147. The number of hydrogen-bond donors (Lipinski definition) is 4. The number of carbonyl (C=O) groups is 2. The van der Waals surface area contributed by atoms with Crippen molar-refractivity contribution < 1.29 is 27.9 Å². The lowest BCUT2D eigenvalue weighted by atomic mass is 9.86. The highest BCUT2D eigenvalue weighted by atomic mass is 32.2. The number of nitrogens with one attached hydrogen (secondary N) is 3. The van der Waals surface area contributed by atoms with Crippen molar-refractivity contribution in [1.82, 2.24) is 19.9 Å². The first-order valence-electron chi connectivity index (χ1n) is 13.6. The van der Waals surface area contributed by atoms with Gasteiger partial charge in [-0.2, -0.15) is 0 Å². The molecule has 0 radical (unpaired) electrons. The van der Waals surface area contributed by atoms with E-state index in [0.29, 0.717) is 23.1 Å². The molecule has 4 rings (SSSR count). The SMILES string of the molecule is CN1CCC[C@H]1COC(=O)NC1CCC(c2ncc(-c3ccc(NC(=O)O)cc3S(=O)(=O)NC(C)(C)C)s2)CC1. The normalized spacial score (nSPS) is 22.1. The van der Waals surface area contributed by atoms with Crippen LogP contribution >= 0.6 is 11.3 Å². The number of thiazole rings is 1. The molecule has 2 amide bonds. The summed E-state index contributed by atoms with van der Waals surface area (Å²) in [5.74, 6) is 0.209. The van der Waals surface area contributed by atoms with Gasteiger partial charge in [0.1, 0.15) is 6.61 Å². The molecule has 4 N–H and O–H groups in total. The van der Waals surface area contributed by atoms with E-state index in [1.54, 1.807) is 39.1 Å². The van der Waals surface area contributed by atoms with Crippen LogP contribution in [0.15, 0.2) is 29.3 Å². The van der Waals surface area contributed by atoms with Gasteiger partial charge < -0.3 is 20.1 Å². The number of nitrogens with zero attached hydrogens (tertiary/aromatic N) is 2. The number of likely N-dealkylation sites (tertiary alicyclic amines) is 1. The molecule has 2 aliphatic rings. The highest BCUT2D eigenvalue weighted by Gasteiger charge is 2.29. The van der Waals surface area contributed by atoms with E-state index in [9.17, 15) is 18.0 Å². The van der Waals surface area contributed by atoms with Crippen LogP contribution in [0.4, 0.5) is 15.3 Å². The Morgan fingerprint density at radius 3 is 2.52 bits per heavy atom. The van der Waals surface area contributed by atoms with Crippen molar-refractivity contribution >= 4 is 39.2 Å². The minimum atomic E-state index is -3.96. The molecular formula is C27H39N5O6S2. The molecule has 2 heterocycles. The number of alkyl carbamates (subject to hydrolysis) is 1. The number of carbonyl (C=O) groups excluding carboxylic acids is 1. The molecule has 1 atom stereocenters. The lowest BCUT2D eigenvalue weighted by molar-refractivity contribution is 0.110. The number of rotatable bonds is 8. The molecule has 0 unspecified atom stereocenters. The van der Waals surface area contributed by atoms with Crippen molar-refractivity contribution in [1.29, 1.82) is 0 Å². The summed E-state index contributed by atoms with van der Waals surface area (Å²) in [6.07, 6.45) is 5.53. The lowest BCUT2D eigenvalue weighted by Gasteiger charge is -2.28. The Hall–Kier alpha value is -2.74. The second-order valence-corrected chi connectivity index (χ2v) is 14.3. The van der Waals surface area contributed by atoms with E-state index in [2.05, 4.69) is 32.3 Å². The summed E-state index contributed by atoms with van der Waals surface area (Å²) in [5.41, 5.74) is -0.103. The van der Waals surface area contributed by atoms with Crippen molar-refractivity contribution in [3.63, 3.8) is 0 Å². The van der Waals surface area contributed by atoms with Crippen molar-refractivity contribution in [2.45, 2.75) is 87.7 Å². The van der Waals surface area contributed by atoms with Crippen LogP contribution < -0.4 is 15.4 Å². The molecule has 1 aliphatic heterocycles. The van der Waals surface area contributed by atoms with E-state index >= 15 is 0 Å². The quantitative estimate of drug-likeness (QED) is 0.340. The number of aromatic nitrogens is 1. The van der Waals surface area contributed by atoms with Gasteiger partial charge in [0, 0.05) is 41.0 Å². The molecule has 11 nitrogen and oxygen atoms in total. The molecule has 0 spiro atoms. The number of sulfonamides is 1. The minimum Gasteiger partial charge on any atom is -0.465 e. The van der Waals surface area contributed by atoms with Crippen LogP contribution in [0.25, 0.3) is 10.4 Å². The van der Waals surface area contributed by atoms with E-state index in [1.165, 1.54) is 17.4 Å². The molecule has 13 heteroatoms. The summed E-state index contributed by atoms with van der Waals surface area (Å²) >= 11 is 1.44. The van der Waals surface area contributed by atoms with Crippen molar-refractivity contribution in [2.75, 3.05) is 25.5 Å². The van der Waals surface area contributed by atoms with Gasteiger partial charge in [0.25, 0.3) is 0 Å². The zero-order chi connectivity index (χ0) is 29.1. The van der Waals surface area contributed by atoms with Gasteiger partial charge in [-0.1, -0.05) is 6.07 Å². The molecular weight excluding hydrogens is 554 g/mol. The number of likely N-dealkylation sites (N-methyl/N-ethyl adjacent to an activating group) is 1. The van der Waals surface area contributed by atoms with Gasteiger partial charge in [0.05, 0.1) is 14.8 Å². The Balaban J connectivity index is 1.41. The topological polar surface area (TPSA) is 150 Å². The summed E-state index contributed by atoms with van der Waals surface area (Å²) in [4.78, 5) is 31.0. The number of anilines is 1. The smallest absolute Gasteiger partial charge is 0.409 e. The molecule has 2 fully saturated rings. The molecule has 220 valence electrons. The van der Waals surface area contributed by atoms with Crippen LogP contribution in [0.2, 0.25) is 0 Å². The number of benzene rings is 1. The van der Waals surface area contributed by atoms with Gasteiger partial charge in [0.2, 0.25) is 10.0 Å². The van der Waals surface area contributed by atoms with E-state index in [1.807, 2.05) is 0 Å². The molecule has 1 aliphatic carbocycles. The van der Waals surface area contributed by atoms with E-state index in [0.717, 1.165) is 50.1 Å². The second-order valence-electron chi connectivity index (χ2n) is 11.6. The van der Waals surface area contributed by atoms with Crippen LogP contribution in [-0.2, 0) is 14.8 Å². The maximum atomic E-state index is 13.3. The average molecular weight is 594 g/mol. The highest BCUT2D eigenvalue weighted by molar-refractivity contribution is 7.89. The van der Waals surface area contributed by atoms with Crippen LogP contribution in [0.3, 0.4) is 0 Å². The second kappa shape index (κ2) is 12.4. The van der Waals surface area contributed by atoms with E-state index < -0.39 is 21.7 Å². The van der Waals surface area contributed by atoms with Crippen LogP contribution in [-0.4, -0.2) is 73.4 Å².